The first-order chi connectivity index (χ1) is 12.9. The molecule has 0 saturated heterocycles. The van der Waals surface area contributed by atoms with Crippen molar-refractivity contribution >= 4 is 52.0 Å². The van der Waals surface area contributed by atoms with Crippen molar-refractivity contribution in [2.45, 2.75) is 43.3 Å². The third kappa shape index (κ3) is 4.32. The summed E-state index contributed by atoms with van der Waals surface area (Å²) in [7, 11) is 0. The second kappa shape index (κ2) is 8.38. The lowest BCUT2D eigenvalue weighted by molar-refractivity contribution is -0.719. The average molecular weight is 503 g/mol. The minimum Gasteiger partial charge on any atom is -0.454 e. The van der Waals surface area contributed by atoms with E-state index in [-0.39, 0.29) is 18.4 Å². The van der Waals surface area contributed by atoms with Crippen LogP contribution in [0.4, 0.5) is 5.82 Å². The Kier molecular flexibility index (Phi) is 6.15. The maximum absolute atomic E-state index is 11.9. The molecule has 144 valence electrons. The number of primary amides is 1. The number of rotatable bonds is 7. The molecule has 0 bridgehead atoms. The summed E-state index contributed by atoms with van der Waals surface area (Å²) in [4.78, 5) is 27.5. The molecule has 8 nitrogen and oxygen atoms in total. The molecular formula is C17H20IN4O4S+. The van der Waals surface area contributed by atoms with E-state index < -0.39 is 5.91 Å². The first-order valence-electron chi connectivity index (χ1n) is 8.41. The van der Waals surface area contributed by atoms with Crippen molar-refractivity contribution < 1.29 is 23.6 Å². The van der Waals surface area contributed by atoms with Gasteiger partial charge in [0.1, 0.15) is 0 Å². The number of benzene rings is 1. The zero-order valence-electron chi connectivity index (χ0n) is 14.9. The second-order valence-corrected chi connectivity index (χ2v) is 8.14. The highest BCUT2D eigenvalue weighted by Crippen LogP contribution is 2.40. The molecule has 1 aliphatic heterocycles. The van der Waals surface area contributed by atoms with Gasteiger partial charge in [-0.15, -0.1) is 0 Å². The Labute approximate surface area is 174 Å². The fourth-order valence-corrected chi connectivity index (χ4v) is 4.38. The van der Waals surface area contributed by atoms with Crippen molar-refractivity contribution in [3.05, 3.63) is 21.4 Å². The normalized spacial score (nSPS) is 12.3. The van der Waals surface area contributed by atoms with Crippen molar-refractivity contribution in [3.63, 3.8) is 0 Å². The third-order valence-electron chi connectivity index (χ3n) is 3.89. The minimum atomic E-state index is -0.628. The number of halogens is 1. The summed E-state index contributed by atoms with van der Waals surface area (Å²) in [5.74, 6) is 0.890. The molecular weight excluding hydrogens is 483 g/mol. The molecule has 27 heavy (non-hydrogen) atoms. The van der Waals surface area contributed by atoms with E-state index >= 15 is 0 Å². The van der Waals surface area contributed by atoms with Crippen molar-refractivity contribution in [1.29, 1.82) is 0 Å². The minimum absolute atomic E-state index is 0.180. The molecule has 0 unspecified atom stereocenters. The van der Waals surface area contributed by atoms with Crippen LogP contribution in [0, 0.1) is 3.57 Å². The summed E-state index contributed by atoms with van der Waals surface area (Å²) in [6, 6.07) is 3.82. The summed E-state index contributed by atoms with van der Waals surface area (Å²) in [5, 5.41) is 3.43. The zero-order chi connectivity index (χ0) is 19.6. The van der Waals surface area contributed by atoms with Crippen molar-refractivity contribution in [2.24, 2.45) is 5.73 Å². The quantitative estimate of drug-likeness (QED) is 0.398. The number of H-pyrrole nitrogens is 1. The van der Waals surface area contributed by atoms with Crippen LogP contribution < -0.4 is 25.1 Å². The van der Waals surface area contributed by atoms with Gasteiger partial charge in [0.2, 0.25) is 12.5 Å². The van der Waals surface area contributed by atoms with E-state index in [0.29, 0.717) is 29.0 Å². The SMILES string of the molecule is CCCC[n+]1c(Sc2cc3c(cc2I)OCO3)[nH]c(C(N)=O)c1NC(C)=O. The van der Waals surface area contributed by atoms with Gasteiger partial charge in [0, 0.05) is 15.4 Å². The fraction of sp³-hybridized carbons (Fsp3) is 0.353. The summed E-state index contributed by atoms with van der Waals surface area (Å²) in [6.07, 6.45) is 1.86. The topological polar surface area (TPSA) is 110 Å². The molecule has 1 aromatic heterocycles. The van der Waals surface area contributed by atoms with Crippen LogP contribution in [-0.4, -0.2) is 23.6 Å². The van der Waals surface area contributed by atoms with E-state index in [0.717, 1.165) is 21.3 Å². The Hall–Kier alpha value is -1.95. The molecule has 2 aromatic rings. The molecule has 0 saturated carbocycles. The first kappa shape index (κ1) is 19.8. The number of imidazole rings is 1. The van der Waals surface area contributed by atoms with Crippen molar-refractivity contribution in [2.75, 3.05) is 12.1 Å². The lowest BCUT2D eigenvalue weighted by Gasteiger charge is -2.07. The zero-order valence-corrected chi connectivity index (χ0v) is 17.9. The van der Waals surface area contributed by atoms with Gasteiger partial charge in [0.05, 0.1) is 6.54 Å². The maximum atomic E-state index is 11.9. The van der Waals surface area contributed by atoms with Gasteiger partial charge >= 0.3 is 0 Å². The molecule has 0 spiro atoms. The van der Waals surface area contributed by atoms with Crippen LogP contribution in [-0.2, 0) is 11.3 Å². The highest BCUT2D eigenvalue weighted by Gasteiger charge is 2.29. The third-order valence-corrected chi connectivity index (χ3v) is 6.23. The number of aromatic nitrogens is 2. The first-order valence-corrected chi connectivity index (χ1v) is 10.3. The Morgan fingerprint density at radius 2 is 2.07 bits per heavy atom. The largest absolute Gasteiger partial charge is 0.454 e. The van der Waals surface area contributed by atoms with Crippen LogP contribution in [0.3, 0.4) is 0 Å². The molecule has 0 aliphatic carbocycles. The number of anilines is 1. The number of amides is 2. The average Bonchev–Trinajstić information content (AvgIpc) is 3.17. The highest BCUT2D eigenvalue weighted by atomic mass is 127. The van der Waals surface area contributed by atoms with E-state index in [1.54, 1.807) is 0 Å². The molecule has 0 fully saturated rings. The fourth-order valence-electron chi connectivity index (χ4n) is 2.64. The van der Waals surface area contributed by atoms with Gasteiger partial charge in [-0.1, -0.05) is 13.3 Å². The Morgan fingerprint density at radius 1 is 1.37 bits per heavy atom. The van der Waals surface area contributed by atoms with Gasteiger partial charge in [-0.3, -0.25) is 14.6 Å². The number of ether oxygens (including phenoxy) is 2. The second-order valence-electron chi connectivity index (χ2n) is 5.94. The predicted molar refractivity (Wildman–Crippen MR) is 108 cm³/mol. The summed E-state index contributed by atoms with van der Waals surface area (Å²) >= 11 is 3.67. The summed E-state index contributed by atoms with van der Waals surface area (Å²) in [5.41, 5.74) is 5.70. The number of nitrogens with zero attached hydrogens (tertiary/aromatic N) is 1. The highest BCUT2D eigenvalue weighted by molar-refractivity contribution is 14.1. The van der Waals surface area contributed by atoms with E-state index in [9.17, 15) is 9.59 Å². The number of nitrogens with one attached hydrogen (secondary N) is 2. The molecule has 0 radical (unpaired) electrons. The van der Waals surface area contributed by atoms with Gasteiger partial charge in [0.25, 0.3) is 22.8 Å². The monoisotopic (exact) mass is 503 g/mol. The smallest absolute Gasteiger partial charge is 0.287 e. The maximum Gasteiger partial charge on any atom is 0.287 e. The van der Waals surface area contributed by atoms with E-state index in [1.165, 1.54) is 18.7 Å². The molecule has 4 N–H and O–H groups in total. The van der Waals surface area contributed by atoms with Crippen LogP contribution >= 0.6 is 34.4 Å². The van der Waals surface area contributed by atoms with E-state index in [4.69, 9.17) is 15.2 Å². The lowest BCUT2D eigenvalue weighted by atomic mass is 10.3. The van der Waals surface area contributed by atoms with Crippen molar-refractivity contribution in [3.8, 4) is 11.5 Å². The number of unbranched alkanes of at least 4 members (excludes halogenated alkanes) is 1. The van der Waals surface area contributed by atoms with Crippen LogP contribution in [0.2, 0.25) is 0 Å². The Balaban J connectivity index is 2.03. The Morgan fingerprint density at radius 3 is 2.70 bits per heavy atom. The molecule has 10 heteroatoms. The molecule has 1 aromatic carbocycles. The van der Waals surface area contributed by atoms with Gasteiger partial charge in [0.15, 0.2) is 11.5 Å². The van der Waals surface area contributed by atoms with Gasteiger partial charge in [-0.05, 0) is 52.9 Å². The number of carbonyl (C=O) groups excluding carboxylic acids is 2. The van der Waals surface area contributed by atoms with Gasteiger partial charge < -0.3 is 15.2 Å². The Bertz CT molecular complexity index is 900. The van der Waals surface area contributed by atoms with Gasteiger partial charge in [-0.2, -0.15) is 0 Å². The van der Waals surface area contributed by atoms with E-state index in [2.05, 4.69) is 39.8 Å². The summed E-state index contributed by atoms with van der Waals surface area (Å²) in [6.45, 7) is 4.32. The number of aromatic amines is 1. The molecule has 3 rings (SSSR count). The molecule has 0 atom stereocenters. The number of hydrogen-bond donors (Lipinski definition) is 3. The number of hydrogen-bond acceptors (Lipinski definition) is 5. The molecule has 2 amide bonds. The van der Waals surface area contributed by atoms with E-state index in [1.807, 2.05) is 16.7 Å². The van der Waals surface area contributed by atoms with Crippen LogP contribution in [0.15, 0.2) is 22.2 Å². The van der Waals surface area contributed by atoms with Crippen LogP contribution in [0.1, 0.15) is 37.2 Å². The number of carbonyl (C=O) groups is 2. The lowest BCUT2D eigenvalue weighted by Crippen LogP contribution is -2.39. The van der Waals surface area contributed by atoms with Crippen LogP contribution in [0.5, 0.6) is 11.5 Å². The van der Waals surface area contributed by atoms with Gasteiger partial charge in [-0.25, -0.2) is 9.88 Å². The van der Waals surface area contributed by atoms with Crippen LogP contribution in [0.25, 0.3) is 0 Å². The van der Waals surface area contributed by atoms with Crippen molar-refractivity contribution in [1.82, 2.24) is 4.98 Å². The summed E-state index contributed by atoms with van der Waals surface area (Å²) < 4.78 is 13.7. The standard InChI is InChI=1S/C17H19IN4O4S/c1-3-4-5-22-16(20-9(2)23)14(15(19)24)21-17(22)27-13-7-12-11(6-10(13)18)25-8-26-12/h6-7H,3-5,8H2,1-2H3,(H3,19,20,23,24)/p+1. The number of nitrogens with two attached hydrogens (primary N) is 1. The molecule has 2 heterocycles. The predicted octanol–water partition coefficient (Wildman–Crippen LogP) is 2.64. The molecule has 1 aliphatic rings. The number of fused-ring (bicyclic) bond motifs is 1.